The first kappa shape index (κ1) is 10.7. The number of hydrogen-bond acceptors (Lipinski definition) is 0. The first-order valence-electron chi connectivity index (χ1n) is 6.06. The van der Waals surface area contributed by atoms with Gasteiger partial charge < -0.3 is 0 Å². The maximum Gasteiger partial charge on any atom is -0.00442 e. The van der Waals surface area contributed by atoms with Gasteiger partial charge in [0.25, 0.3) is 0 Å². The van der Waals surface area contributed by atoms with E-state index in [0.717, 1.165) is 5.92 Å². The average molecular weight is 202 g/mol. The molecule has 0 aromatic carbocycles. The van der Waals surface area contributed by atoms with E-state index in [4.69, 9.17) is 0 Å². The Bertz CT molecular complexity index is 332. The normalized spacial score (nSPS) is 39.5. The third kappa shape index (κ3) is 1.71. The van der Waals surface area contributed by atoms with E-state index >= 15 is 0 Å². The smallest absolute Gasteiger partial charge is 0.00442 e. The second kappa shape index (κ2) is 3.66. The topological polar surface area (TPSA) is 0 Å². The molecule has 0 spiro atoms. The summed E-state index contributed by atoms with van der Waals surface area (Å²) in [4.78, 5) is 0. The first-order chi connectivity index (χ1) is 7.04. The van der Waals surface area contributed by atoms with Crippen LogP contribution in [0.3, 0.4) is 0 Å². The fourth-order valence-corrected chi connectivity index (χ4v) is 2.99. The molecule has 0 fully saturated rings. The molecule has 0 amide bonds. The largest absolute Gasteiger partial charge is 0.0998 e. The molecule has 2 aliphatic rings. The second-order valence-corrected chi connectivity index (χ2v) is 5.60. The third-order valence-electron chi connectivity index (χ3n) is 4.52. The van der Waals surface area contributed by atoms with Gasteiger partial charge in [0, 0.05) is 0 Å². The van der Waals surface area contributed by atoms with Gasteiger partial charge >= 0.3 is 0 Å². The predicted molar refractivity (Wildman–Crippen MR) is 66.6 cm³/mol. The zero-order valence-electron chi connectivity index (χ0n) is 10.2. The Labute approximate surface area is 93.8 Å². The third-order valence-corrected chi connectivity index (χ3v) is 4.52. The van der Waals surface area contributed by atoms with Crippen LogP contribution in [0.4, 0.5) is 0 Å². The standard InChI is InChI=1S/C15H22/c1-11(2)13-8-9-14-7-5-6-12(3)15(14,4)10-13/h5,7,9,12-13H,1,6,8,10H2,2-4H3/t12-,13-,15+/m0/s1. The van der Waals surface area contributed by atoms with E-state index < -0.39 is 0 Å². The van der Waals surface area contributed by atoms with Gasteiger partial charge in [-0.1, -0.05) is 44.2 Å². The zero-order valence-corrected chi connectivity index (χ0v) is 10.2. The molecule has 15 heavy (non-hydrogen) atoms. The van der Waals surface area contributed by atoms with Crippen LogP contribution in [0, 0.1) is 17.3 Å². The molecule has 0 unspecified atom stereocenters. The Hall–Kier alpha value is -0.780. The SMILES string of the molecule is C=C(C)[C@H]1CC=C2C=CC[C@H](C)[C@@]2(C)C1. The molecule has 0 N–H and O–H groups in total. The monoisotopic (exact) mass is 202 g/mol. The molecule has 0 aliphatic heterocycles. The summed E-state index contributed by atoms with van der Waals surface area (Å²) in [5.74, 6) is 1.48. The Balaban J connectivity index is 2.32. The first-order valence-corrected chi connectivity index (χ1v) is 6.06. The van der Waals surface area contributed by atoms with Gasteiger partial charge in [-0.05, 0) is 49.0 Å². The molecular formula is C15H22. The van der Waals surface area contributed by atoms with Crippen molar-refractivity contribution in [1.82, 2.24) is 0 Å². The summed E-state index contributed by atoms with van der Waals surface area (Å²) in [6, 6.07) is 0. The summed E-state index contributed by atoms with van der Waals surface area (Å²) in [5, 5.41) is 0. The molecule has 0 aromatic rings. The Morgan fingerprint density at radius 1 is 1.47 bits per heavy atom. The molecule has 0 saturated heterocycles. The maximum atomic E-state index is 4.13. The Morgan fingerprint density at radius 2 is 2.20 bits per heavy atom. The van der Waals surface area contributed by atoms with Gasteiger partial charge in [-0.2, -0.15) is 0 Å². The quantitative estimate of drug-likeness (QED) is 0.549. The van der Waals surface area contributed by atoms with Crippen LogP contribution in [0.2, 0.25) is 0 Å². The highest BCUT2D eigenvalue weighted by Crippen LogP contribution is 2.50. The Morgan fingerprint density at radius 3 is 2.87 bits per heavy atom. The highest BCUT2D eigenvalue weighted by Gasteiger charge is 2.39. The summed E-state index contributed by atoms with van der Waals surface area (Å²) in [5.41, 5.74) is 3.32. The van der Waals surface area contributed by atoms with Crippen molar-refractivity contribution < 1.29 is 0 Å². The predicted octanol–water partition coefficient (Wildman–Crippen LogP) is 4.50. The number of rotatable bonds is 1. The Kier molecular flexibility index (Phi) is 2.62. The summed E-state index contributed by atoms with van der Waals surface area (Å²) >= 11 is 0. The molecule has 2 aliphatic carbocycles. The molecule has 0 heterocycles. The van der Waals surface area contributed by atoms with Gasteiger partial charge in [-0.3, -0.25) is 0 Å². The minimum Gasteiger partial charge on any atom is -0.0998 e. The second-order valence-electron chi connectivity index (χ2n) is 5.60. The van der Waals surface area contributed by atoms with E-state index in [1.807, 2.05) is 0 Å². The molecule has 2 rings (SSSR count). The van der Waals surface area contributed by atoms with Crippen LogP contribution < -0.4 is 0 Å². The van der Waals surface area contributed by atoms with Crippen LogP contribution in [0.25, 0.3) is 0 Å². The van der Waals surface area contributed by atoms with Gasteiger partial charge in [0.15, 0.2) is 0 Å². The van der Waals surface area contributed by atoms with Crippen molar-refractivity contribution in [3.63, 3.8) is 0 Å². The highest BCUT2D eigenvalue weighted by molar-refractivity contribution is 5.33. The van der Waals surface area contributed by atoms with Crippen LogP contribution in [0.1, 0.15) is 40.0 Å². The van der Waals surface area contributed by atoms with Crippen molar-refractivity contribution >= 4 is 0 Å². The molecule has 0 heteroatoms. The lowest BCUT2D eigenvalue weighted by Gasteiger charge is -2.45. The minimum absolute atomic E-state index is 0.399. The molecular weight excluding hydrogens is 180 g/mol. The maximum absolute atomic E-state index is 4.13. The molecule has 0 nitrogen and oxygen atoms in total. The van der Waals surface area contributed by atoms with Crippen molar-refractivity contribution in [1.29, 1.82) is 0 Å². The van der Waals surface area contributed by atoms with Gasteiger partial charge in [-0.15, -0.1) is 0 Å². The van der Waals surface area contributed by atoms with Crippen molar-refractivity contribution in [3.8, 4) is 0 Å². The number of allylic oxidation sites excluding steroid dienone is 5. The molecule has 3 atom stereocenters. The summed E-state index contributed by atoms with van der Waals surface area (Å²) < 4.78 is 0. The van der Waals surface area contributed by atoms with Crippen LogP contribution in [-0.4, -0.2) is 0 Å². The van der Waals surface area contributed by atoms with Gasteiger partial charge in [0.2, 0.25) is 0 Å². The van der Waals surface area contributed by atoms with Crippen molar-refractivity contribution in [2.24, 2.45) is 17.3 Å². The molecule has 82 valence electrons. The summed E-state index contributed by atoms with van der Waals surface area (Å²) in [6.07, 6.45) is 10.8. The lowest BCUT2D eigenvalue weighted by Crippen LogP contribution is -2.34. The molecule has 0 saturated carbocycles. The average Bonchev–Trinajstić information content (AvgIpc) is 2.19. The van der Waals surface area contributed by atoms with E-state index in [9.17, 15) is 0 Å². The molecule has 0 radical (unpaired) electrons. The van der Waals surface area contributed by atoms with Gasteiger partial charge in [0.1, 0.15) is 0 Å². The van der Waals surface area contributed by atoms with E-state index in [0.29, 0.717) is 11.3 Å². The fraction of sp³-hybridized carbons (Fsp3) is 0.600. The van der Waals surface area contributed by atoms with Crippen LogP contribution in [0.15, 0.2) is 36.0 Å². The highest BCUT2D eigenvalue weighted by atomic mass is 14.4. The van der Waals surface area contributed by atoms with E-state index in [-0.39, 0.29) is 0 Å². The zero-order chi connectivity index (χ0) is 11.1. The van der Waals surface area contributed by atoms with E-state index in [1.165, 1.54) is 24.8 Å². The van der Waals surface area contributed by atoms with Gasteiger partial charge in [0.05, 0.1) is 0 Å². The van der Waals surface area contributed by atoms with Crippen molar-refractivity contribution in [3.05, 3.63) is 36.0 Å². The van der Waals surface area contributed by atoms with Crippen LogP contribution in [0.5, 0.6) is 0 Å². The van der Waals surface area contributed by atoms with E-state index in [2.05, 4.69) is 45.6 Å². The van der Waals surface area contributed by atoms with Gasteiger partial charge in [-0.25, -0.2) is 0 Å². The van der Waals surface area contributed by atoms with Crippen LogP contribution in [-0.2, 0) is 0 Å². The fourth-order valence-electron chi connectivity index (χ4n) is 2.99. The number of fused-ring (bicyclic) bond motifs is 1. The lowest BCUT2D eigenvalue weighted by molar-refractivity contribution is 0.194. The summed E-state index contributed by atoms with van der Waals surface area (Å²) in [6.45, 7) is 11.1. The minimum atomic E-state index is 0.399. The van der Waals surface area contributed by atoms with Crippen LogP contribution >= 0.6 is 0 Å². The lowest BCUT2D eigenvalue weighted by atomic mass is 9.60. The molecule has 0 aromatic heterocycles. The van der Waals surface area contributed by atoms with Crippen molar-refractivity contribution in [2.75, 3.05) is 0 Å². The summed E-state index contributed by atoms with van der Waals surface area (Å²) in [7, 11) is 0. The van der Waals surface area contributed by atoms with Crippen molar-refractivity contribution in [2.45, 2.75) is 40.0 Å². The molecule has 0 bridgehead atoms. The number of hydrogen-bond donors (Lipinski definition) is 0. The van der Waals surface area contributed by atoms with E-state index in [1.54, 1.807) is 5.57 Å².